The molecular weight excluding hydrogens is 668 g/mol. The maximum atomic E-state index is 13.4. The Hall–Kier alpha value is -3.88. The van der Waals surface area contributed by atoms with Gasteiger partial charge < -0.3 is 24.6 Å². The number of aromatic nitrogens is 5. The molecule has 0 spiro atoms. The highest BCUT2D eigenvalue weighted by atomic mass is 32.2. The lowest BCUT2D eigenvalue weighted by Crippen LogP contribution is -2.55. The Morgan fingerprint density at radius 1 is 0.960 bits per heavy atom. The van der Waals surface area contributed by atoms with Gasteiger partial charge in [-0.15, -0.1) is 5.10 Å². The molecule has 1 saturated carbocycles. The number of anilines is 2. The van der Waals surface area contributed by atoms with Gasteiger partial charge in [-0.05, 0) is 77.0 Å². The molecule has 10 nitrogen and oxygen atoms in total. The van der Waals surface area contributed by atoms with Crippen molar-refractivity contribution in [1.29, 1.82) is 0 Å². The van der Waals surface area contributed by atoms with E-state index in [9.17, 15) is 23.4 Å². The summed E-state index contributed by atoms with van der Waals surface area (Å²) in [5.74, 6) is 1.66. The van der Waals surface area contributed by atoms with Crippen molar-refractivity contribution in [3.05, 3.63) is 66.5 Å². The largest absolute Gasteiger partial charge is 0.476 e. The van der Waals surface area contributed by atoms with Crippen LogP contribution in [0.1, 0.15) is 71.3 Å². The van der Waals surface area contributed by atoms with Crippen molar-refractivity contribution in [1.82, 2.24) is 24.7 Å². The molecule has 2 aliphatic rings. The van der Waals surface area contributed by atoms with Crippen LogP contribution in [0.4, 0.5) is 24.8 Å². The molecule has 1 aliphatic carbocycles. The van der Waals surface area contributed by atoms with E-state index in [4.69, 9.17) is 19.7 Å². The van der Waals surface area contributed by atoms with E-state index in [1.165, 1.54) is 22.7 Å². The minimum atomic E-state index is -4.42. The molecule has 3 aromatic heterocycles. The molecule has 0 saturated heterocycles. The molecule has 2 unspecified atom stereocenters. The number of alkyl halides is 3. The van der Waals surface area contributed by atoms with Crippen LogP contribution in [0.15, 0.2) is 66.0 Å². The number of β-amino-alcohol motifs (C(OH)–C–C–N with tert-alkyl or cyclic N) is 1. The standard InChI is InChI=1S/C36H44F3N7O3S/c1-33(2,36(37,38)39)24-49-29-17-21-46(43-29)32-31-26-14-8-7-13-25(26)12-6-4-5-9-20-45(23-35(48)19-11-18-34(35,3)47)28-15-10-16-30(42-28)50-44-27(41-31)22-40-32/h7-8,10,13-17,21-22,47-48H,4-6,9,11-12,18-20,23-24H2,1-3H3,(H,41,44). The average Bonchev–Trinajstić information content (AvgIpc) is 3.66. The third kappa shape index (κ3) is 7.87. The highest BCUT2D eigenvalue weighted by Crippen LogP contribution is 2.41. The number of rotatable bonds is 6. The van der Waals surface area contributed by atoms with E-state index in [-0.39, 0.29) is 5.88 Å². The van der Waals surface area contributed by atoms with E-state index < -0.39 is 29.4 Å². The molecule has 4 aromatic rings. The van der Waals surface area contributed by atoms with Gasteiger partial charge in [0.1, 0.15) is 28.7 Å². The van der Waals surface area contributed by atoms with Crippen molar-refractivity contribution >= 4 is 23.6 Å². The number of halogens is 3. The Bertz CT molecular complexity index is 1780. The lowest BCUT2D eigenvalue weighted by Gasteiger charge is -2.40. The highest BCUT2D eigenvalue weighted by molar-refractivity contribution is 8.00. The molecule has 0 radical (unpaired) electrons. The van der Waals surface area contributed by atoms with Crippen molar-refractivity contribution in [3.63, 3.8) is 0 Å². The van der Waals surface area contributed by atoms with E-state index in [2.05, 4.69) is 20.8 Å². The molecule has 3 N–H and O–H groups in total. The Balaban J connectivity index is 1.30. The summed E-state index contributed by atoms with van der Waals surface area (Å²) in [4.78, 5) is 16.7. The zero-order valence-electron chi connectivity index (χ0n) is 28.6. The van der Waals surface area contributed by atoms with E-state index in [0.29, 0.717) is 48.3 Å². The van der Waals surface area contributed by atoms with E-state index in [0.717, 1.165) is 69.3 Å². The molecule has 0 amide bonds. The molecule has 4 bridgehead atoms. The zero-order valence-corrected chi connectivity index (χ0v) is 29.4. The van der Waals surface area contributed by atoms with Crippen molar-refractivity contribution in [2.75, 3.05) is 29.3 Å². The average molecular weight is 712 g/mol. The van der Waals surface area contributed by atoms with Gasteiger partial charge in [0.25, 0.3) is 0 Å². The first-order valence-corrected chi connectivity index (χ1v) is 17.9. The van der Waals surface area contributed by atoms with Gasteiger partial charge >= 0.3 is 6.18 Å². The van der Waals surface area contributed by atoms with Crippen molar-refractivity contribution < 1.29 is 28.1 Å². The van der Waals surface area contributed by atoms with Crippen LogP contribution in [0.3, 0.4) is 0 Å². The molecule has 50 heavy (non-hydrogen) atoms. The number of aryl methyl sites for hydroxylation is 1. The lowest BCUT2D eigenvalue weighted by atomic mass is 9.87. The Kier molecular flexibility index (Phi) is 10.3. The molecule has 1 aliphatic heterocycles. The number of benzene rings is 1. The molecule has 1 aromatic carbocycles. The molecule has 4 heterocycles. The molecule has 268 valence electrons. The van der Waals surface area contributed by atoms with Gasteiger partial charge in [0.15, 0.2) is 11.6 Å². The Morgan fingerprint density at radius 3 is 2.54 bits per heavy atom. The fourth-order valence-corrected chi connectivity index (χ4v) is 6.96. The quantitative estimate of drug-likeness (QED) is 0.175. The maximum Gasteiger partial charge on any atom is 0.397 e. The van der Waals surface area contributed by atoms with Gasteiger partial charge in [-0.25, -0.2) is 19.6 Å². The maximum absolute atomic E-state index is 13.4. The molecular formula is C36H44F3N7O3S. The number of aliphatic hydroxyl groups is 2. The van der Waals surface area contributed by atoms with Gasteiger partial charge in [-0.1, -0.05) is 43.2 Å². The number of fused-ring (bicyclic) bond motifs is 6. The second kappa shape index (κ2) is 14.4. The summed E-state index contributed by atoms with van der Waals surface area (Å²) in [5, 5.41) is 27.7. The first kappa shape index (κ1) is 35.9. The summed E-state index contributed by atoms with van der Waals surface area (Å²) >= 11 is 1.28. The van der Waals surface area contributed by atoms with Gasteiger partial charge in [0.2, 0.25) is 5.88 Å². The van der Waals surface area contributed by atoms with Crippen LogP contribution in [-0.4, -0.2) is 72.0 Å². The number of pyridine rings is 1. The van der Waals surface area contributed by atoms with Crippen molar-refractivity contribution in [3.8, 4) is 23.0 Å². The monoisotopic (exact) mass is 711 g/mol. The summed E-state index contributed by atoms with van der Waals surface area (Å²) in [6, 6.07) is 15.3. The smallest absolute Gasteiger partial charge is 0.397 e. The van der Waals surface area contributed by atoms with Crippen molar-refractivity contribution in [2.45, 2.75) is 94.5 Å². The van der Waals surface area contributed by atoms with E-state index >= 15 is 0 Å². The summed E-state index contributed by atoms with van der Waals surface area (Å²) in [5.41, 5.74) is -1.91. The molecule has 14 heteroatoms. The Labute approximate surface area is 294 Å². The molecule has 2 atom stereocenters. The first-order chi connectivity index (χ1) is 23.7. The van der Waals surface area contributed by atoms with Crippen LogP contribution in [0.5, 0.6) is 5.88 Å². The number of ether oxygens (including phenoxy) is 1. The summed E-state index contributed by atoms with van der Waals surface area (Å²) < 4.78 is 50.5. The predicted octanol–water partition coefficient (Wildman–Crippen LogP) is 7.40. The van der Waals surface area contributed by atoms with Gasteiger partial charge in [-0.3, -0.25) is 0 Å². The first-order valence-electron chi connectivity index (χ1n) is 17.1. The number of nitrogens with zero attached hydrogens (tertiary/aromatic N) is 6. The zero-order chi connectivity index (χ0) is 35.6. The lowest BCUT2D eigenvalue weighted by molar-refractivity contribution is -0.219. The van der Waals surface area contributed by atoms with Gasteiger partial charge in [0.05, 0.1) is 23.8 Å². The fourth-order valence-electron chi connectivity index (χ4n) is 6.37. The van der Waals surface area contributed by atoms with Crippen LogP contribution >= 0.6 is 11.9 Å². The van der Waals surface area contributed by atoms with Gasteiger partial charge in [0, 0.05) is 36.3 Å². The third-order valence-corrected chi connectivity index (χ3v) is 10.5. The normalized spacial score (nSPS) is 22.0. The number of hydrogen-bond donors (Lipinski definition) is 3. The van der Waals surface area contributed by atoms with Crippen LogP contribution < -0.4 is 14.4 Å². The van der Waals surface area contributed by atoms with E-state index in [1.54, 1.807) is 19.3 Å². The number of nitrogens with one attached hydrogen (secondary N) is 1. The minimum Gasteiger partial charge on any atom is -0.476 e. The van der Waals surface area contributed by atoms with Crippen LogP contribution in [0.25, 0.3) is 17.1 Å². The molecule has 6 rings (SSSR count). The minimum absolute atomic E-state index is 0.0512. The molecule has 1 fully saturated rings. The third-order valence-electron chi connectivity index (χ3n) is 9.78. The summed E-state index contributed by atoms with van der Waals surface area (Å²) in [6.45, 7) is 4.31. The second-order valence-corrected chi connectivity index (χ2v) is 15.0. The van der Waals surface area contributed by atoms with Crippen LogP contribution in [0.2, 0.25) is 0 Å². The summed E-state index contributed by atoms with van der Waals surface area (Å²) in [6.07, 6.45) is 5.22. The van der Waals surface area contributed by atoms with Crippen molar-refractivity contribution in [2.24, 2.45) is 5.41 Å². The van der Waals surface area contributed by atoms with E-state index in [1.807, 2.05) is 36.4 Å². The topological polar surface area (TPSA) is 121 Å². The Morgan fingerprint density at radius 2 is 1.76 bits per heavy atom. The van der Waals surface area contributed by atoms with Crippen LogP contribution in [0, 0.1) is 5.41 Å². The SMILES string of the molecule is CC(C)(COc1ccn(-c2ncc3nc2-c2ccccc2CCCCCCN(CC2(O)CCCC2(C)O)c2cccc(n2)SN3)n1)C(F)(F)F. The summed E-state index contributed by atoms with van der Waals surface area (Å²) in [7, 11) is 0. The predicted molar refractivity (Wildman–Crippen MR) is 187 cm³/mol. The van der Waals surface area contributed by atoms with Crippen LogP contribution in [-0.2, 0) is 6.42 Å². The highest BCUT2D eigenvalue weighted by Gasteiger charge is 2.51. The number of hydrogen-bond acceptors (Lipinski definition) is 10. The van der Waals surface area contributed by atoms with Gasteiger partial charge in [-0.2, -0.15) is 13.2 Å². The fraction of sp³-hybridized carbons (Fsp3) is 0.500. The second-order valence-electron chi connectivity index (χ2n) is 14.1.